The molecule has 2 N–H and O–H groups in total. The zero-order valence-corrected chi connectivity index (χ0v) is 18.2. The van der Waals surface area contributed by atoms with Crippen molar-refractivity contribution >= 4 is 11.8 Å². The maximum atomic E-state index is 12.8. The third-order valence-electron chi connectivity index (χ3n) is 6.17. The molecule has 0 radical (unpaired) electrons. The van der Waals surface area contributed by atoms with Crippen LogP contribution >= 0.6 is 0 Å². The molecule has 7 nitrogen and oxygen atoms in total. The number of carbonyl (C=O) groups is 2. The normalized spacial score (nSPS) is 22.7. The molecule has 2 amide bonds. The van der Waals surface area contributed by atoms with Crippen LogP contribution in [0.4, 0.5) is 0 Å². The van der Waals surface area contributed by atoms with Gasteiger partial charge in [0.15, 0.2) is 0 Å². The molecule has 30 heavy (non-hydrogen) atoms. The van der Waals surface area contributed by atoms with Crippen molar-refractivity contribution in [2.75, 3.05) is 45.8 Å². The monoisotopic (exact) mass is 415 g/mol. The molecule has 2 aliphatic heterocycles. The quantitative estimate of drug-likeness (QED) is 0.741. The summed E-state index contributed by atoms with van der Waals surface area (Å²) in [6, 6.07) is 4.01. The predicted octanol–water partition coefficient (Wildman–Crippen LogP) is 1.79. The summed E-state index contributed by atoms with van der Waals surface area (Å²) in [7, 11) is 0. The first-order valence-electron chi connectivity index (χ1n) is 11.6. The van der Waals surface area contributed by atoms with Crippen molar-refractivity contribution in [3.05, 3.63) is 30.1 Å². The van der Waals surface area contributed by atoms with Crippen LogP contribution in [0.2, 0.25) is 0 Å². The number of hydrogen-bond donors (Lipinski definition) is 2. The Kier molecular flexibility index (Phi) is 9.57. The maximum Gasteiger partial charge on any atom is 0.223 e. The zero-order chi connectivity index (χ0) is 21.0. The van der Waals surface area contributed by atoms with Crippen LogP contribution in [0.5, 0.6) is 0 Å². The number of likely N-dealkylation sites (tertiary alicyclic amines) is 1. The first-order valence-corrected chi connectivity index (χ1v) is 11.6. The van der Waals surface area contributed by atoms with Crippen LogP contribution in [0.15, 0.2) is 24.5 Å². The van der Waals surface area contributed by atoms with Gasteiger partial charge < -0.3 is 15.5 Å². The molecule has 1 aromatic rings. The van der Waals surface area contributed by atoms with Gasteiger partial charge in [-0.15, -0.1) is 0 Å². The molecule has 1 unspecified atom stereocenters. The molecule has 166 valence electrons. The fraction of sp³-hybridized carbons (Fsp3) is 0.696. The SMILES string of the molecule is O=C1CCN(Cc2cccnc2)CCCC(C(=O)NCCN2CCCCC2)CCN1. The van der Waals surface area contributed by atoms with E-state index in [1.807, 2.05) is 12.3 Å². The van der Waals surface area contributed by atoms with Gasteiger partial charge in [-0.1, -0.05) is 12.5 Å². The van der Waals surface area contributed by atoms with Crippen LogP contribution in [-0.2, 0) is 16.1 Å². The Morgan fingerprint density at radius 3 is 2.73 bits per heavy atom. The Balaban J connectivity index is 1.47. The van der Waals surface area contributed by atoms with E-state index in [1.165, 1.54) is 19.3 Å². The van der Waals surface area contributed by atoms with Crippen molar-refractivity contribution in [2.45, 2.75) is 51.5 Å². The zero-order valence-electron chi connectivity index (χ0n) is 18.2. The fourth-order valence-electron chi connectivity index (χ4n) is 4.39. The molecular weight excluding hydrogens is 378 g/mol. The Bertz CT molecular complexity index is 648. The van der Waals surface area contributed by atoms with Crippen LogP contribution in [0.25, 0.3) is 0 Å². The first-order chi connectivity index (χ1) is 14.7. The third-order valence-corrected chi connectivity index (χ3v) is 6.17. The van der Waals surface area contributed by atoms with Gasteiger partial charge in [0.1, 0.15) is 0 Å². The lowest BCUT2D eigenvalue weighted by Crippen LogP contribution is -2.40. The highest BCUT2D eigenvalue weighted by atomic mass is 16.2. The number of piperidine rings is 1. The summed E-state index contributed by atoms with van der Waals surface area (Å²) in [5.41, 5.74) is 1.15. The molecule has 2 aliphatic rings. The van der Waals surface area contributed by atoms with Gasteiger partial charge in [0.25, 0.3) is 0 Å². The number of hydrogen-bond acceptors (Lipinski definition) is 5. The molecule has 0 bridgehead atoms. The Hall–Kier alpha value is -1.99. The summed E-state index contributed by atoms with van der Waals surface area (Å²) in [6.45, 7) is 6.94. The van der Waals surface area contributed by atoms with Crippen LogP contribution in [-0.4, -0.2) is 72.4 Å². The van der Waals surface area contributed by atoms with Gasteiger partial charge in [0, 0.05) is 57.5 Å². The van der Waals surface area contributed by atoms with Gasteiger partial charge in [-0.25, -0.2) is 0 Å². The molecule has 7 heteroatoms. The highest BCUT2D eigenvalue weighted by Gasteiger charge is 2.20. The standard InChI is InChI=1S/C23H37N5O2/c29-22-9-16-28(19-20-6-4-10-24-18-20)15-5-7-21(8-11-25-22)23(30)26-12-17-27-13-2-1-3-14-27/h4,6,10,18,21H,1-3,5,7-9,11-17,19H2,(H,25,29)(H,26,30). The largest absolute Gasteiger partial charge is 0.356 e. The van der Waals surface area contributed by atoms with Gasteiger partial charge in [-0.2, -0.15) is 0 Å². The van der Waals surface area contributed by atoms with Gasteiger partial charge in [-0.05, 0) is 63.4 Å². The van der Waals surface area contributed by atoms with Crippen LogP contribution in [0.3, 0.4) is 0 Å². The van der Waals surface area contributed by atoms with Crippen LogP contribution < -0.4 is 10.6 Å². The average Bonchev–Trinajstić information content (AvgIpc) is 2.81. The molecule has 0 saturated carbocycles. The Morgan fingerprint density at radius 1 is 1.10 bits per heavy atom. The summed E-state index contributed by atoms with van der Waals surface area (Å²) in [5.74, 6) is 0.168. The molecule has 1 aromatic heterocycles. The molecule has 2 fully saturated rings. The first kappa shape index (κ1) is 22.7. The van der Waals surface area contributed by atoms with E-state index >= 15 is 0 Å². The average molecular weight is 416 g/mol. The molecular formula is C23H37N5O2. The Labute approximate surface area is 180 Å². The summed E-state index contributed by atoms with van der Waals surface area (Å²) in [5, 5.41) is 6.14. The molecule has 0 spiro atoms. The van der Waals surface area contributed by atoms with Crippen molar-refractivity contribution < 1.29 is 9.59 Å². The van der Waals surface area contributed by atoms with Crippen molar-refractivity contribution in [3.8, 4) is 0 Å². The van der Waals surface area contributed by atoms with E-state index in [-0.39, 0.29) is 17.7 Å². The van der Waals surface area contributed by atoms with E-state index in [2.05, 4.69) is 31.5 Å². The minimum absolute atomic E-state index is 0.0370. The van der Waals surface area contributed by atoms with Crippen molar-refractivity contribution in [2.24, 2.45) is 5.92 Å². The number of aromatic nitrogens is 1. The van der Waals surface area contributed by atoms with Gasteiger partial charge >= 0.3 is 0 Å². The lowest BCUT2D eigenvalue weighted by molar-refractivity contribution is -0.126. The fourth-order valence-corrected chi connectivity index (χ4v) is 4.39. The summed E-state index contributed by atoms with van der Waals surface area (Å²) in [6.07, 6.45) is 10.5. The molecule has 0 aliphatic carbocycles. The van der Waals surface area contributed by atoms with E-state index in [9.17, 15) is 9.59 Å². The van der Waals surface area contributed by atoms with Gasteiger partial charge in [0.2, 0.25) is 11.8 Å². The summed E-state index contributed by atoms with van der Waals surface area (Å²) >= 11 is 0. The summed E-state index contributed by atoms with van der Waals surface area (Å²) in [4.78, 5) is 33.9. The van der Waals surface area contributed by atoms with E-state index in [0.29, 0.717) is 19.4 Å². The van der Waals surface area contributed by atoms with E-state index in [4.69, 9.17) is 0 Å². The number of amides is 2. The molecule has 3 heterocycles. The lowest BCUT2D eigenvalue weighted by Gasteiger charge is -2.27. The van der Waals surface area contributed by atoms with E-state index < -0.39 is 0 Å². The topological polar surface area (TPSA) is 77.6 Å². The maximum absolute atomic E-state index is 12.8. The minimum Gasteiger partial charge on any atom is -0.356 e. The smallest absolute Gasteiger partial charge is 0.223 e. The second kappa shape index (κ2) is 12.6. The van der Waals surface area contributed by atoms with Gasteiger partial charge in [0.05, 0.1) is 0 Å². The van der Waals surface area contributed by atoms with E-state index in [1.54, 1.807) is 6.20 Å². The number of rotatable bonds is 6. The summed E-state index contributed by atoms with van der Waals surface area (Å²) < 4.78 is 0. The third kappa shape index (κ3) is 8.03. The highest BCUT2D eigenvalue weighted by molar-refractivity contribution is 5.79. The van der Waals surface area contributed by atoms with Gasteiger partial charge in [-0.3, -0.25) is 19.5 Å². The molecule has 3 rings (SSSR count). The van der Waals surface area contributed by atoms with Crippen molar-refractivity contribution in [3.63, 3.8) is 0 Å². The van der Waals surface area contributed by atoms with Crippen LogP contribution in [0.1, 0.15) is 50.5 Å². The predicted molar refractivity (Wildman–Crippen MR) is 118 cm³/mol. The minimum atomic E-state index is -0.0370. The molecule has 2 saturated heterocycles. The second-order valence-corrected chi connectivity index (χ2v) is 8.56. The van der Waals surface area contributed by atoms with Crippen molar-refractivity contribution in [1.29, 1.82) is 0 Å². The molecule has 0 aromatic carbocycles. The number of nitrogens with zero attached hydrogens (tertiary/aromatic N) is 3. The number of pyridine rings is 1. The van der Waals surface area contributed by atoms with Crippen molar-refractivity contribution in [1.82, 2.24) is 25.4 Å². The van der Waals surface area contributed by atoms with Crippen LogP contribution in [0, 0.1) is 5.92 Å². The molecule has 1 atom stereocenters. The second-order valence-electron chi connectivity index (χ2n) is 8.56. The number of nitrogens with one attached hydrogen (secondary N) is 2. The Morgan fingerprint density at radius 2 is 1.93 bits per heavy atom. The highest BCUT2D eigenvalue weighted by Crippen LogP contribution is 2.15. The lowest BCUT2D eigenvalue weighted by atomic mass is 9.98. The number of carbonyl (C=O) groups excluding carboxylic acids is 2. The van der Waals surface area contributed by atoms with E-state index in [0.717, 1.165) is 64.2 Å².